The molecule has 0 rings (SSSR count). The smallest absolute Gasteiger partial charge is 0.324 e. The zero-order chi connectivity index (χ0) is 19.8. The summed E-state index contributed by atoms with van der Waals surface area (Å²) in [7, 11) is -4.51. The third-order valence-electron chi connectivity index (χ3n) is 4.58. The number of hydrogen-bond acceptors (Lipinski definition) is 5. The van der Waals surface area contributed by atoms with E-state index in [1.165, 1.54) is 0 Å². The summed E-state index contributed by atoms with van der Waals surface area (Å²) in [6.07, 6.45) is 11.8. The maximum Gasteiger partial charge on any atom is 0.324 e. The fraction of sp³-hybridized carbons (Fsp3) is 0.944. The number of aliphatic hydroxyl groups is 2. The van der Waals surface area contributed by atoms with Gasteiger partial charge in [-0.05, 0) is 25.7 Å². The molecule has 0 amide bonds. The molecule has 0 aliphatic heterocycles. The molecule has 26 heavy (non-hydrogen) atoms. The summed E-state index contributed by atoms with van der Waals surface area (Å²) in [4.78, 5) is 10.8. The van der Waals surface area contributed by atoms with Crippen LogP contribution in [0.25, 0.3) is 0 Å². The van der Waals surface area contributed by atoms with Crippen LogP contribution in [-0.2, 0) is 14.9 Å². The highest BCUT2D eigenvalue weighted by molar-refractivity contribution is 7.87. The maximum atomic E-state index is 10.9. The molecule has 2 atom stereocenters. The number of unbranched alkanes of at least 4 members (excludes halogenated alkanes) is 9. The van der Waals surface area contributed by atoms with E-state index < -0.39 is 21.3 Å². The molecule has 0 radical (unpaired) electrons. The van der Waals surface area contributed by atoms with Crippen molar-refractivity contribution in [3.63, 3.8) is 0 Å². The molecule has 156 valence electrons. The summed E-state index contributed by atoms with van der Waals surface area (Å²) >= 11 is 0. The molecule has 0 fully saturated rings. The molecule has 0 aromatic heterocycles. The fourth-order valence-electron chi connectivity index (χ4n) is 2.99. The van der Waals surface area contributed by atoms with Crippen LogP contribution in [0, 0.1) is 0 Å². The van der Waals surface area contributed by atoms with Gasteiger partial charge >= 0.3 is 5.97 Å². The van der Waals surface area contributed by atoms with E-state index in [-0.39, 0.29) is 19.1 Å². The van der Waals surface area contributed by atoms with E-state index in [4.69, 9.17) is 14.8 Å². The first kappa shape index (κ1) is 25.3. The maximum absolute atomic E-state index is 10.9. The van der Waals surface area contributed by atoms with E-state index in [0.717, 1.165) is 64.2 Å². The van der Waals surface area contributed by atoms with Crippen molar-refractivity contribution in [1.82, 2.24) is 0 Å². The summed E-state index contributed by atoms with van der Waals surface area (Å²) in [6.45, 7) is 0.137. The van der Waals surface area contributed by atoms with Crippen molar-refractivity contribution in [2.24, 2.45) is 0 Å². The van der Waals surface area contributed by atoms with Crippen molar-refractivity contribution in [2.75, 3.05) is 6.61 Å². The second-order valence-electron chi connectivity index (χ2n) is 6.97. The molecule has 0 saturated carbocycles. The van der Waals surface area contributed by atoms with E-state index in [1.807, 2.05) is 0 Å². The van der Waals surface area contributed by atoms with Gasteiger partial charge in [0, 0.05) is 6.61 Å². The number of aliphatic carboxylic acids is 1. The van der Waals surface area contributed by atoms with Gasteiger partial charge in [0.05, 0.1) is 6.10 Å². The number of carboxylic acids is 1. The van der Waals surface area contributed by atoms with Crippen LogP contribution in [0.1, 0.15) is 89.9 Å². The van der Waals surface area contributed by atoms with Gasteiger partial charge in [-0.1, -0.05) is 64.2 Å². The Morgan fingerprint density at radius 2 is 1.12 bits per heavy atom. The molecule has 0 aromatic carbocycles. The number of carbonyl (C=O) groups is 1. The van der Waals surface area contributed by atoms with Crippen LogP contribution in [0.3, 0.4) is 0 Å². The summed E-state index contributed by atoms with van der Waals surface area (Å²) in [5, 5.41) is 25.4. The Morgan fingerprint density at radius 3 is 1.50 bits per heavy atom. The molecule has 0 aromatic rings. The molecule has 0 spiro atoms. The summed E-state index contributed by atoms with van der Waals surface area (Å²) in [5.74, 6) is -1.49. The Balaban J connectivity index is 3.43. The van der Waals surface area contributed by atoms with Gasteiger partial charge in [0.25, 0.3) is 10.1 Å². The quantitative estimate of drug-likeness (QED) is 0.207. The molecule has 0 bridgehead atoms. The van der Waals surface area contributed by atoms with Crippen molar-refractivity contribution in [3.8, 4) is 0 Å². The van der Waals surface area contributed by atoms with Crippen LogP contribution in [0.4, 0.5) is 0 Å². The third-order valence-corrected chi connectivity index (χ3v) is 5.74. The zero-order valence-electron chi connectivity index (χ0n) is 15.7. The summed E-state index contributed by atoms with van der Waals surface area (Å²) in [6, 6.07) is 0. The van der Waals surface area contributed by atoms with Crippen molar-refractivity contribution < 1.29 is 33.1 Å². The number of rotatable bonds is 18. The topological polar surface area (TPSA) is 132 Å². The van der Waals surface area contributed by atoms with Gasteiger partial charge in [-0.2, -0.15) is 8.42 Å². The second kappa shape index (κ2) is 15.4. The largest absolute Gasteiger partial charge is 0.480 e. The highest BCUT2D eigenvalue weighted by Gasteiger charge is 2.29. The predicted octanol–water partition coefficient (Wildman–Crippen LogP) is 3.14. The number of carboxylic acid groups (broad SMARTS) is 1. The minimum absolute atomic E-state index is 0.0433. The molecular formula is C18H36O7S. The van der Waals surface area contributed by atoms with E-state index in [9.17, 15) is 18.3 Å². The van der Waals surface area contributed by atoms with Crippen molar-refractivity contribution in [2.45, 2.75) is 101 Å². The Morgan fingerprint density at radius 1 is 0.731 bits per heavy atom. The minimum Gasteiger partial charge on any atom is -0.480 e. The van der Waals surface area contributed by atoms with E-state index in [1.54, 1.807) is 0 Å². The lowest BCUT2D eigenvalue weighted by atomic mass is 10.0. The minimum atomic E-state index is -4.51. The lowest BCUT2D eigenvalue weighted by Crippen LogP contribution is -2.29. The van der Waals surface area contributed by atoms with Crippen LogP contribution in [-0.4, -0.2) is 52.2 Å². The molecular weight excluding hydrogens is 360 g/mol. The second-order valence-corrected chi connectivity index (χ2v) is 8.57. The first-order valence-corrected chi connectivity index (χ1v) is 11.3. The molecule has 4 N–H and O–H groups in total. The zero-order valence-corrected chi connectivity index (χ0v) is 16.5. The molecule has 0 heterocycles. The van der Waals surface area contributed by atoms with Gasteiger partial charge in [-0.25, -0.2) is 0 Å². The Labute approximate surface area is 157 Å². The Hall–Kier alpha value is -0.700. The van der Waals surface area contributed by atoms with Crippen LogP contribution in [0.5, 0.6) is 0 Å². The first-order chi connectivity index (χ1) is 12.3. The summed E-state index contributed by atoms with van der Waals surface area (Å²) < 4.78 is 30.7. The number of aliphatic hydroxyl groups excluding tert-OH is 2. The van der Waals surface area contributed by atoms with Crippen LogP contribution >= 0.6 is 0 Å². The van der Waals surface area contributed by atoms with Crippen molar-refractivity contribution >= 4 is 16.1 Å². The van der Waals surface area contributed by atoms with Gasteiger partial charge in [-0.15, -0.1) is 0 Å². The van der Waals surface area contributed by atoms with E-state index in [2.05, 4.69) is 0 Å². The monoisotopic (exact) mass is 396 g/mol. The van der Waals surface area contributed by atoms with Crippen molar-refractivity contribution in [1.29, 1.82) is 0 Å². The van der Waals surface area contributed by atoms with Crippen molar-refractivity contribution in [3.05, 3.63) is 0 Å². The lowest BCUT2D eigenvalue weighted by molar-refractivity contribution is -0.136. The molecule has 0 saturated heterocycles. The third kappa shape index (κ3) is 14.5. The van der Waals surface area contributed by atoms with Crippen LogP contribution in [0.2, 0.25) is 0 Å². The highest BCUT2D eigenvalue weighted by Crippen LogP contribution is 2.15. The number of hydrogen-bond donors (Lipinski definition) is 4. The normalized spacial score (nSPS) is 14.3. The molecule has 7 nitrogen and oxygen atoms in total. The van der Waals surface area contributed by atoms with Gasteiger partial charge in [0.15, 0.2) is 5.25 Å². The molecule has 0 aliphatic carbocycles. The average molecular weight is 397 g/mol. The lowest BCUT2D eigenvalue weighted by Gasteiger charge is -2.09. The van der Waals surface area contributed by atoms with Gasteiger partial charge in [-0.3, -0.25) is 9.35 Å². The van der Waals surface area contributed by atoms with Crippen LogP contribution < -0.4 is 0 Å². The molecule has 0 aliphatic rings. The fourth-order valence-corrected chi connectivity index (χ4v) is 3.71. The van der Waals surface area contributed by atoms with Gasteiger partial charge in [0.2, 0.25) is 0 Å². The molecule has 8 heteroatoms. The molecule has 2 unspecified atom stereocenters. The first-order valence-electron chi connectivity index (χ1n) is 9.77. The standard InChI is InChI=1S/C18H36O7S/c19-15-11-13-16(20)12-9-7-5-3-1-2-4-6-8-10-14-17(18(21)22)26(23,24)25/h16-17,19-20H,1-15H2,(H,21,22)(H,23,24,25). The Bertz CT molecular complexity index is 450. The van der Waals surface area contributed by atoms with Gasteiger partial charge in [0.1, 0.15) is 0 Å². The van der Waals surface area contributed by atoms with E-state index in [0.29, 0.717) is 19.3 Å². The average Bonchev–Trinajstić information content (AvgIpc) is 2.55. The van der Waals surface area contributed by atoms with Gasteiger partial charge < -0.3 is 15.3 Å². The van der Waals surface area contributed by atoms with Crippen LogP contribution in [0.15, 0.2) is 0 Å². The summed E-state index contributed by atoms with van der Waals surface area (Å²) in [5.41, 5.74) is 0. The Kier molecular flexibility index (Phi) is 15.0. The van der Waals surface area contributed by atoms with E-state index >= 15 is 0 Å². The SMILES string of the molecule is O=C(O)C(CCCCCCCCCCCCC(O)CCCO)S(=O)(=O)O. The highest BCUT2D eigenvalue weighted by atomic mass is 32.2. The predicted molar refractivity (Wildman–Crippen MR) is 101 cm³/mol.